The molecule has 17 heavy (non-hydrogen) atoms. The number of ether oxygens (including phenoxy) is 1. The van der Waals surface area contributed by atoms with Gasteiger partial charge in [0.1, 0.15) is 5.60 Å². The molecule has 94 valence electrons. The molecule has 0 aliphatic carbocycles. The average molecular weight is 276 g/mol. The molecule has 1 aromatic heterocycles. The van der Waals surface area contributed by atoms with E-state index in [1.54, 1.807) is 31.5 Å². The molecular weight excluding hydrogens is 262 g/mol. The number of amides is 1. The van der Waals surface area contributed by atoms with Crippen molar-refractivity contribution in [2.45, 2.75) is 26.4 Å². The van der Waals surface area contributed by atoms with Crippen LogP contribution in [-0.4, -0.2) is 24.0 Å². The summed E-state index contributed by atoms with van der Waals surface area (Å²) in [6.07, 6.45) is -0.614. The fraction of sp³-hybridized carbons (Fsp3) is 0.455. The van der Waals surface area contributed by atoms with E-state index in [9.17, 15) is 9.59 Å². The molecule has 0 radical (unpaired) electrons. The molecule has 0 aromatic carbocycles. The lowest BCUT2D eigenvalue weighted by Crippen LogP contribution is -2.35. The number of halogens is 1. The summed E-state index contributed by atoms with van der Waals surface area (Å²) in [4.78, 5) is 23.0. The van der Waals surface area contributed by atoms with Gasteiger partial charge in [-0.3, -0.25) is 4.79 Å². The summed E-state index contributed by atoms with van der Waals surface area (Å²) < 4.78 is 5.00. The summed E-state index contributed by atoms with van der Waals surface area (Å²) in [6.45, 7) is 5.14. The van der Waals surface area contributed by atoms with Gasteiger partial charge >= 0.3 is 6.09 Å². The zero-order valence-electron chi connectivity index (χ0n) is 9.87. The summed E-state index contributed by atoms with van der Waals surface area (Å²) in [7, 11) is 0. The zero-order valence-corrected chi connectivity index (χ0v) is 11.4. The fourth-order valence-electron chi connectivity index (χ4n) is 1.04. The number of rotatable bonds is 3. The van der Waals surface area contributed by atoms with Gasteiger partial charge in [-0.25, -0.2) is 4.79 Å². The number of carbonyl (C=O) groups excluding carboxylic acids is 2. The number of hydrogen-bond acceptors (Lipinski definition) is 4. The Hall–Kier alpha value is -1.07. The number of Topliss-reactive ketones (excluding diaryl/α,β-unsaturated/α-hetero) is 1. The smallest absolute Gasteiger partial charge is 0.408 e. The zero-order chi connectivity index (χ0) is 13.1. The quantitative estimate of drug-likeness (QED) is 0.863. The van der Waals surface area contributed by atoms with Gasteiger partial charge in [-0.1, -0.05) is 11.6 Å². The first kappa shape index (κ1) is 14.0. The molecule has 0 spiro atoms. The van der Waals surface area contributed by atoms with Gasteiger partial charge in [0.15, 0.2) is 5.78 Å². The normalized spacial score (nSPS) is 11.1. The monoisotopic (exact) mass is 275 g/mol. The highest BCUT2D eigenvalue weighted by Gasteiger charge is 2.17. The van der Waals surface area contributed by atoms with Crippen LogP contribution in [-0.2, 0) is 4.74 Å². The van der Waals surface area contributed by atoms with Gasteiger partial charge < -0.3 is 10.1 Å². The lowest BCUT2D eigenvalue weighted by molar-refractivity contribution is 0.0520. The second-order valence-electron chi connectivity index (χ2n) is 4.41. The lowest BCUT2D eigenvalue weighted by Gasteiger charge is -2.19. The Morgan fingerprint density at radius 2 is 2.06 bits per heavy atom. The summed E-state index contributed by atoms with van der Waals surface area (Å²) in [6, 6.07) is 0. The van der Waals surface area contributed by atoms with Crippen molar-refractivity contribution in [2.75, 3.05) is 6.54 Å². The van der Waals surface area contributed by atoms with E-state index in [-0.39, 0.29) is 12.3 Å². The number of alkyl carbamates (subject to hydrolysis) is 1. The molecule has 0 saturated carbocycles. The van der Waals surface area contributed by atoms with Crippen LogP contribution in [0.3, 0.4) is 0 Å². The Labute approximate surface area is 109 Å². The van der Waals surface area contributed by atoms with Gasteiger partial charge in [0.05, 0.1) is 11.6 Å². The summed E-state index contributed by atoms with van der Waals surface area (Å²) >= 11 is 7.14. The Morgan fingerprint density at radius 3 is 2.53 bits per heavy atom. The van der Waals surface area contributed by atoms with Crippen LogP contribution in [0.25, 0.3) is 0 Å². The van der Waals surface area contributed by atoms with Crippen LogP contribution >= 0.6 is 22.9 Å². The first-order chi connectivity index (χ1) is 7.79. The molecule has 1 amide bonds. The molecule has 1 aromatic rings. The van der Waals surface area contributed by atoms with Crippen molar-refractivity contribution in [2.24, 2.45) is 0 Å². The molecule has 0 saturated heterocycles. The van der Waals surface area contributed by atoms with Crippen molar-refractivity contribution in [3.05, 3.63) is 21.3 Å². The first-order valence-corrected chi connectivity index (χ1v) is 6.33. The Kier molecular flexibility index (Phi) is 4.54. The minimum atomic E-state index is -0.614. The Balaban J connectivity index is 2.45. The van der Waals surface area contributed by atoms with Gasteiger partial charge in [0, 0.05) is 16.3 Å². The van der Waals surface area contributed by atoms with Crippen molar-refractivity contribution >= 4 is 34.8 Å². The lowest BCUT2D eigenvalue weighted by atomic mass is 10.2. The Morgan fingerprint density at radius 1 is 1.41 bits per heavy atom. The van der Waals surface area contributed by atoms with Gasteiger partial charge in [0.2, 0.25) is 0 Å². The maximum absolute atomic E-state index is 11.6. The highest BCUT2D eigenvalue weighted by molar-refractivity contribution is 7.08. The minimum absolute atomic E-state index is 0.120. The van der Waals surface area contributed by atoms with Crippen LogP contribution in [0.15, 0.2) is 10.8 Å². The second-order valence-corrected chi connectivity index (χ2v) is 5.56. The Bertz CT molecular complexity index is 423. The van der Waals surface area contributed by atoms with Crippen molar-refractivity contribution in [3.63, 3.8) is 0 Å². The fourth-order valence-corrected chi connectivity index (χ4v) is 2.13. The molecule has 0 fully saturated rings. The van der Waals surface area contributed by atoms with Crippen molar-refractivity contribution < 1.29 is 14.3 Å². The number of hydrogen-bond donors (Lipinski definition) is 1. The molecule has 1 N–H and O–H groups in total. The van der Waals surface area contributed by atoms with Crippen molar-refractivity contribution in [1.82, 2.24) is 5.32 Å². The van der Waals surface area contributed by atoms with E-state index in [4.69, 9.17) is 16.3 Å². The maximum atomic E-state index is 11.6. The second kappa shape index (κ2) is 5.51. The summed E-state index contributed by atoms with van der Waals surface area (Å²) in [5, 5.41) is 6.12. The SMILES string of the molecule is CC(C)(C)OC(=O)NCC(=O)c1cscc1Cl. The van der Waals surface area contributed by atoms with E-state index in [0.29, 0.717) is 10.6 Å². The van der Waals surface area contributed by atoms with Crippen LogP contribution in [0.5, 0.6) is 0 Å². The van der Waals surface area contributed by atoms with E-state index in [1.165, 1.54) is 11.3 Å². The molecule has 0 unspecified atom stereocenters. The molecule has 0 bridgehead atoms. The molecule has 1 heterocycles. The summed E-state index contributed by atoms with van der Waals surface area (Å²) in [5.74, 6) is -0.234. The number of thiophene rings is 1. The third-order valence-electron chi connectivity index (χ3n) is 1.71. The first-order valence-electron chi connectivity index (χ1n) is 5.01. The van der Waals surface area contributed by atoms with Gasteiger partial charge in [-0.15, -0.1) is 0 Å². The van der Waals surface area contributed by atoms with E-state index in [1.807, 2.05) is 0 Å². The summed E-state index contributed by atoms with van der Waals surface area (Å²) in [5.41, 5.74) is -0.152. The van der Waals surface area contributed by atoms with Gasteiger partial charge in [-0.2, -0.15) is 11.3 Å². The van der Waals surface area contributed by atoms with Gasteiger partial charge in [0.25, 0.3) is 0 Å². The van der Waals surface area contributed by atoms with Crippen LogP contribution in [0.1, 0.15) is 31.1 Å². The van der Waals surface area contributed by atoms with E-state index in [0.717, 1.165) is 0 Å². The van der Waals surface area contributed by atoms with Crippen molar-refractivity contribution in [1.29, 1.82) is 0 Å². The van der Waals surface area contributed by atoms with E-state index < -0.39 is 11.7 Å². The van der Waals surface area contributed by atoms with Crippen molar-refractivity contribution in [3.8, 4) is 0 Å². The highest BCUT2D eigenvalue weighted by Crippen LogP contribution is 2.20. The molecule has 0 aliphatic heterocycles. The largest absolute Gasteiger partial charge is 0.444 e. The third kappa shape index (κ3) is 4.75. The van der Waals surface area contributed by atoms with Crippen LogP contribution < -0.4 is 5.32 Å². The molecular formula is C11H14ClNO3S. The van der Waals surface area contributed by atoms with Crippen LogP contribution in [0, 0.1) is 0 Å². The molecule has 6 heteroatoms. The minimum Gasteiger partial charge on any atom is -0.444 e. The predicted octanol–water partition coefficient (Wildman–Crippen LogP) is 3.11. The van der Waals surface area contributed by atoms with E-state index in [2.05, 4.69) is 5.32 Å². The molecule has 0 atom stereocenters. The molecule has 4 nitrogen and oxygen atoms in total. The predicted molar refractivity (Wildman–Crippen MR) is 67.9 cm³/mol. The highest BCUT2D eigenvalue weighted by atomic mass is 35.5. The maximum Gasteiger partial charge on any atom is 0.408 e. The van der Waals surface area contributed by atoms with Crippen LogP contribution in [0.2, 0.25) is 5.02 Å². The molecule has 0 aliphatic rings. The topological polar surface area (TPSA) is 55.4 Å². The standard InChI is InChI=1S/C11H14ClNO3S/c1-11(2,3)16-10(15)13-4-9(14)7-5-17-6-8(7)12/h5-6H,4H2,1-3H3,(H,13,15). The number of ketones is 1. The molecule has 1 rings (SSSR count). The number of nitrogens with one attached hydrogen (secondary N) is 1. The number of carbonyl (C=O) groups is 2. The van der Waals surface area contributed by atoms with E-state index >= 15 is 0 Å². The van der Waals surface area contributed by atoms with Gasteiger partial charge in [-0.05, 0) is 20.8 Å². The third-order valence-corrected chi connectivity index (χ3v) is 2.89. The van der Waals surface area contributed by atoms with Crippen LogP contribution in [0.4, 0.5) is 4.79 Å². The average Bonchev–Trinajstić information content (AvgIpc) is 2.58.